The number of anilines is 1. The molecule has 8 nitrogen and oxygen atoms in total. The average Bonchev–Trinajstić information content (AvgIpc) is 2.82. The first-order chi connectivity index (χ1) is 9.67. The number of hydrogen-bond donors (Lipinski definition) is 2. The molecule has 118 valence electrons. The van der Waals surface area contributed by atoms with Gasteiger partial charge in [0.25, 0.3) is 10.0 Å². The molecule has 2 rings (SSSR count). The summed E-state index contributed by atoms with van der Waals surface area (Å²) in [4.78, 5) is 10.3. The van der Waals surface area contributed by atoms with Gasteiger partial charge in [-0.2, -0.15) is 4.31 Å². The SMILES string of the molecule is CNc1sc(S(=O)(=O)N2CCCC(C)(O)C2)cc1[N+](=O)[O-]. The highest BCUT2D eigenvalue weighted by Gasteiger charge is 2.37. The maximum atomic E-state index is 12.6. The van der Waals surface area contributed by atoms with Crippen molar-refractivity contribution in [2.75, 3.05) is 25.5 Å². The Labute approximate surface area is 126 Å². The second-order valence-corrected chi connectivity index (χ2v) is 8.44. The van der Waals surface area contributed by atoms with Crippen LogP contribution in [0.2, 0.25) is 0 Å². The van der Waals surface area contributed by atoms with Gasteiger partial charge in [0.2, 0.25) is 0 Å². The van der Waals surface area contributed by atoms with E-state index in [4.69, 9.17) is 0 Å². The monoisotopic (exact) mass is 335 g/mol. The van der Waals surface area contributed by atoms with Crippen molar-refractivity contribution in [2.24, 2.45) is 0 Å². The van der Waals surface area contributed by atoms with E-state index in [0.717, 1.165) is 17.4 Å². The van der Waals surface area contributed by atoms with Crippen molar-refractivity contribution in [1.82, 2.24) is 4.31 Å². The molecule has 1 atom stereocenters. The normalized spacial score (nSPS) is 24.0. The molecule has 0 saturated carbocycles. The first kappa shape index (κ1) is 16.1. The number of nitro groups is 1. The van der Waals surface area contributed by atoms with Gasteiger partial charge in [-0.3, -0.25) is 10.1 Å². The Balaban J connectivity index is 2.38. The van der Waals surface area contributed by atoms with Gasteiger partial charge >= 0.3 is 5.69 Å². The highest BCUT2D eigenvalue weighted by molar-refractivity contribution is 7.91. The first-order valence-corrected chi connectivity index (χ1v) is 8.61. The number of rotatable bonds is 4. The van der Waals surface area contributed by atoms with Crippen molar-refractivity contribution >= 4 is 32.0 Å². The summed E-state index contributed by atoms with van der Waals surface area (Å²) in [6, 6.07) is 1.06. The summed E-state index contributed by atoms with van der Waals surface area (Å²) in [6.45, 7) is 1.89. The zero-order valence-corrected chi connectivity index (χ0v) is 13.3. The molecular weight excluding hydrogens is 318 g/mol. The predicted octanol–water partition coefficient (Wildman–Crippen LogP) is 1.23. The van der Waals surface area contributed by atoms with E-state index >= 15 is 0 Å². The third kappa shape index (κ3) is 3.18. The molecule has 1 aliphatic rings. The van der Waals surface area contributed by atoms with E-state index in [9.17, 15) is 23.6 Å². The third-order valence-corrected chi connectivity index (χ3v) is 6.78. The molecule has 1 fully saturated rings. The number of nitrogens with zero attached hydrogens (tertiary/aromatic N) is 2. The predicted molar refractivity (Wildman–Crippen MR) is 79.1 cm³/mol. The second-order valence-electron chi connectivity index (χ2n) is 5.23. The Morgan fingerprint density at radius 1 is 1.57 bits per heavy atom. The minimum Gasteiger partial charge on any atom is -0.389 e. The van der Waals surface area contributed by atoms with Crippen LogP contribution in [0.1, 0.15) is 19.8 Å². The molecule has 0 radical (unpaired) electrons. The number of aliphatic hydroxyl groups is 1. The Morgan fingerprint density at radius 2 is 2.24 bits per heavy atom. The zero-order valence-electron chi connectivity index (χ0n) is 11.7. The zero-order chi connectivity index (χ0) is 15.8. The quantitative estimate of drug-likeness (QED) is 0.632. The lowest BCUT2D eigenvalue weighted by Gasteiger charge is -2.35. The molecule has 2 heterocycles. The Hall–Kier alpha value is -1.23. The van der Waals surface area contributed by atoms with Crippen LogP contribution in [-0.4, -0.2) is 48.5 Å². The number of sulfonamides is 1. The fourth-order valence-electron chi connectivity index (χ4n) is 2.31. The van der Waals surface area contributed by atoms with E-state index in [0.29, 0.717) is 19.4 Å². The molecular formula is C11H17N3O5S2. The molecule has 21 heavy (non-hydrogen) atoms. The van der Waals surface area contributed by atoms with Gasteiger partial charge in [-0.25, -0.2) is 8.42 Å². The Morgan fingerprint density at radius 3 is 2.71 bits per heavy atom. The molecule has 1 saturated heterocycles. The lowest BCUT2D eigenvalue weighted by atomic mass is 9.97. The van der Waals surface area contributed by atoms with E-state index in [1.54, 1.807) is 6.92 Å². The molecule has 10 heteroatoms. The highest BCUT2D eigenvalue weighted by Crippen LogP contribution is 2.38. The summed E-state index contributed by atoms with van der Waals surface area (Å²) in [6.07, 6.45) is 1.09. The fraction of sp³-hybridized carbons (Fsp3) is 0.636. The van der Waals surface area contributed by atoms with Crippen LogP contribution in [0.5, 0.6) is 0 Å². The molecule has 0 aromatic carbocycles. The van der Waals surface area contributed by atoms with Crippen molar-refractivity contribution in [3.05, 3.63) is 16.2 Å². The molecule has 0 bridgehead atoms. The molecule has 1 aromatic heterocycles. The van der Waals surface area contributed by atoms with Crippen molar-refractivity contribution in [1.29, 1.82) is 0 Å². The minimum atomic E-state index is -3.83. The molecule has 0 amide bonds. The van der Waals surface area contributed by atoms with Crippen LogP contribution in [0, 0.1) is 10.1 Å². The Bertz CT molecular complexity index is 653. The molecule has 1 aliphatic heterocycles. The van der Waals surface area contributed by atoms with Crippen molar-refractivity contribution < 1.29 is 18.4 Å². The highest BCUT2D eigenvalue weighted by atomic mass is 32.2. The Kier molecular flexibility index (Phi) is 4.24. The topological polar surface area (TPSA) is 113 Å². The number of β-amino-alcohol motifs (C(OH)–C–C–N with tert-alkyl or cyclic N) is 1. The van der Waals surface area contributed by atoms with Gasteiger partial charge < -0.3 is 10.4 Å². The van der Waals surface area contributed by atoms with E-state index < -0.39 is 20.5 Å². The molecule has 1 unspecified atom stereocenters. The van der Waals surface area contributed by atoms with Crippen LogP contribution in [-0.2, 0) is 10.0 Å². The van der Waals surface area contributed by atoms with Crippen LogP contribution in [0.15, 0.2) is 10.3 Å². The van der Waals surface area contributed by atoms with E-state index in [1.807, 2.05) is 0 Å². The van der Waals surface area contributed by atoms with Gasteiger partial charge in [-0.05, 0) is 19.8 Å². The molecule has 2 N–H and O–H groups in total. The van der Waals surface area contributed by atoms with E-state index in [-0.39, 0.29) is 21.4 Å². The lowest BCUT2D eigenvalue weighted by molar-refractivity contribution is -0.383. The van der Waals surface area contributed by atoms with Crippen LogP contribution in [0.4, 0.5) is 10.7 Å². The number of nitrogens with one attached hydrogen (secondary N) is 1. The van der Waals surface area contributed by atoms with Crippen molar-refractivity contribution in [3.8, 4) is 0 Å². The summed E-state index contributed by atoms with van der Waals surface area (Å²) < 4.78 is 26.2. The smallest absolute Gasteiger partial charge is 0.304 e. The number of hydrogen-bond acceptors (Lipinski definition) is 7. The number of piperidine rings is 1. The molecule has 1 aromatic rings. The van der Waals surface area contributed by atoms with Crippen LogP contribution >= 0.6 is 11.3 Å². The van der Waals surface area contributed by atoms with Gasteiger partial charge in [-0.1, -0.05) is 11.3 Å². The molecule has 0 aliphatic carbocycles. The number of thiophene rings is 1. The van der Waals surface area contributed by atoms with E-state index in [2.05, 4.69) is 5.32 Å². The summed E-state index contributed by atoms with van der Waals surface area (Å²) in [5, 5.41) is 23.8. The third-order valence-electron chi connectivity index (χ3n) is 3.35. The molecule has 0 spiro atoms. The van der Waals surface area contributed by atoms with Gasteiger partial charge in [0.05, 0.1) is 10.5 Å². The minimum absolute atomic E-state index is 0.00405. The summed E-state index contributed by atoms with van der Waals surface area (Å²) in [5.41, 5.74) is -1.33. The lowest BCUT2D eigenvalue weighted by Crippen LogP contribution is -2.48. The van der Waals surface area contributed by atoms with Crippen molar-refractivity contribution in [3.63, 3.8) is 0 Å². The second kappa shape index (κ2) is 5.52. The summed E-state index contributed by atoms with van der Waals surface area (Å²) >= 11 is 0.825. The van der Waals surface area contributed by atoms with E-state index in [1.165, 1.54) is 11.4 Å². The maximum absolute atomic E-state index is 12.6. The average molecular weight is 335 g/mol. The van der Waals surface area contributed by atoms with Gasteiger partial charge in [0.1, 0.15) is 4.21 Å². The summed E-state index contributed by atoms with van der Waals surface area (Å²) in [5.74, 6) is 0. The maximum Gasteiger partial charge on any atom is 0.304 e. The van der Waals surface area contributed by atoms with Gasteiger partial charge in [0.15, 0.2) is 5.00 Å². The van der Waals surface area contributed by atoms with Crippen LogP contribution in [0.3, 0.4) is 0 Å². The first-order valence-electron chi connectivity index (χ1n) is 6.36. The largest absolute Gasteiger partial charge is 0.389 e. The van der Waals surface area contributed by atoms with Gasteiger partial charge in [-0.15, -0.1) is 0 Å². The fourth-order valence-corrected chi connectivity index (χ4v) is 5.34. The van der Waals surface area contributed by atoms with Crippen LogP contribution in [0.25, 0.3) is 0 Å². The van der Waals surface area contributed by atoms with Crippen molar-refractivity contribution in [2.45, 2.75) is 29.6 Å². The summed E-state index contributed by atoms with van der Waals surface area (Å²) in [7, 11) is -2.33. The standard InChI is InChI=1S/C11H17N3O5S2/c1-11(15)4-3-5-13(7-11)21(18,19)9-6-8(14(16)17)10(12-2)20-9/h6,12,15H,3-5,7H2,1-2H3. The van der Waals surface area contributed by atoms with Crippen LogP contribution < -0.4 is 5.32 Å². The van der Waals surface area contributed by atoms with Gasteiger partial charge in [0, 0.05) is 26.2 Å².